The van der Waals surface area contributed by atoms with Crippen LogP contribution in [0.2, 0.25) is 0 Å². The third-order valence-electron chi connectivity index (χ3n) is 4.27. The highest BCUT2D eigenvalue weighted by atomic mass is 32.2. The van der Waals surface area contributed by atoms with Crippen LogP contribution in [-0.4, -0.2) is 27.1 Å². The minimum absolute atomic E-state index is 0.107. The van der Waals surface area contributed by atoms with E-state index in [1.54, 1.807) is 12.3 Å². The maximum Gasteiger partial charge on any atom is 0.264 e. The molecule has 0 bridgehead atoms. The molecule has 4 rings (SSSR count). The molecule has 1 saturated carbocycles. The van der Waals surface area contributed by atoms with E-state index < -0.39 is 0 Å². The number of para-hydroxylation sites is 2. The van der Waals surface area contributed by atoms with Crippen molar-refractivity contribution in [3.63, 3.8) is 0 Å². The molecular weight excluding hydrogens is 320 g/mol. The van der Waals surface area contributed by atoms with Crippen molar-refractivity contribution in [2.24, 2.45) is 4.99 Å². The molecule has 6 heteroatoms. The first-order chi connectivity index (χ1) is 11.8. The van der Waals surface area contributed by atoms with Gasteiger partial charge in [-0.25, -0.2) is 4.98 Å². The second-order valence-electron chi connectivity index (χ2n) is 6.07. The summed E-state index contributed by atoms with van der Waals surface area (Å²) in [5, 5.41) is 3.58. The van der Waals surface area contributed by atoms with Crippen molar-refractivity contribution < 1.29 is 4.79 Å². The van der Waals surface area contributed by atoms with Crippen LogP contribution < -0.4 is 5.32 Å². The van der Waals surface area contributed by atoms with E-state index in [4.69, 9.17) is 4.99 Å². The van der Waals surface area contributed by atoms with Crippen LogP contribution in [0.5, 0.6) is 0 Å². The number of nitrogens with zero attached hydrogens (tertiary/aromatic N) is 3. The molecule has 1 saturated heterocycles. The van der Waals surface area contributed by atoms with Gasteiger partial charge in [-0.3, -0.25) is 14.8 Å². The van der Waals surface area contributed by atoms with E-state index in [1.807, 2.05) is 24.3 Å². The number of carbonyl (C=O) groups is 1. The third kappa shape index (κ3) is 3.33. The van der Waals surface area contributed by atoms with Crippen LogP contribution >= 0.6 is 11.8 Å². The van der Waals surface area contributed by atoms with E-state index in [-0.39, 0.29) is 5.91 Å². The molecule has 0 unspecified atom stereocenters. The number of aromatic nitrogens is 2. The predicted octanol–water partition coefficient (Wildman–Crippen LogP) is 3.52. The Morgan fingerprint density at radius 1 is 1.17 bits per heavy atom. The summed E-state index contributed by atoms with van der Waals surface area (Å²) < 4.78 is 0. The number of amides is 1. The number of thioether (sulfide) groups is 1. The van der Waals surface area contributed by atoms with Gasteiger partial charge in [0.2, 0.25) is 0 Å². The Labute approximate surface area is 144 Å². The average Bonchev–Trinajstić information content (AvgIpc) is 2.95. The van der Waals surface area contributed by atoms with E-state index in [0.717, 1.165) is 23.9 Å². The number of aliphatic imine (C=N–C) groups is 1. The molecule has 1 amide bonds. The Hall–Kier alpha value is -2.21. The van der Waals surface area contributed by atoms with Gasteiger partial charge in [0.05, 0.1) is 33.9 Å². The molecular formula is C18H18N4OS. The van der Waals surface area contributed by atoms with E-state index >= 15 is 0 Å². The van der Waals surface area contributed by atoms with Crippen molar-refractivity contribution in [3.05, 3.63) is 41.1 Å². The van der Waals surface area contributed by atoms with Crippen molar-refractivity contribution in [1.29, 1.82) is 0 Å². The van der Waals surface area contributed by atoms with E-state index in [0.29, 0.717) is 21.8 Å². The fourth-order valence-electron chi connectivity index (χ4n) is 3.04. The first kappa shape index (κ1) is 15.3. The summed E-state index contributed by atoms with van der Waals surface area (Å²) in [5.74, 6) is -0.107. The number of amidine groups is 1. The van der Waals surface area contributed by atoms with Crippen molar-refractivity contribution in [2.75, 3.05) is 0 Å². The van der Waals surface area contributed by atoms with Crippen LogP contribution in [0.15, 0.2) is 40.4 Å². The summed E-state index contributed by atoms with van der Waals surface area (Å²) in [5.41, 5.74) is 2.36. The number of benzene rings is 1. The fraction of sp³-hybridized carbons (Fsp3) is 0.333. The second kappa shape index (κ2) is 6.73. The van der Waals surface area contributed by atoms with Gasteiger partial charge in [0.15, 0.2) is 5.17 Å². The lowest BCUT2D eigenvalue weighted by atomic mass is 9.96. The maximum absolute atomic E-state index is 12.2. The smallest absolute Gasteiger partial charge is 0.264 e. The van der Waals surface area contributed by atoms with Gasteiger partial charge in [0.25, 0.3) is 5.91 Å². The maximum atomic E-state index is 12.2. The number of hydrogen-bond acceptors (Lipinski definition) is 5. The summed E-state index contributed by atoms with van der Waals surface area (Å²) in [7, 11) is 0. The van der Waals surface area contributed by atoms with Gasteiger partial charge in [-0.2, -0.15) is 0 Å². The quantitative estimate of drug-likeness (QED) is 0.851. The predicted molar refractivity (Wildman–Crippen MR) is 97.6 cm³/mol. The molecule has 2 heterocycles. The SMILES string of the molecule is O=C1NC(=NC2CCCCC2)S/C1=C\c1cnc2ccccc2n1. The Kier molecular flexibility index (Phi) is 4.30. The number of fused-ring (bicyclic) bond motifs is 1. The molecule has 0 spiro atoms. The fourth-order valence-corrected chi connectivity index (χ4v) is 3.92. The number of nitrogens with one attached hydrogen (secondary N) is 1. The largest absolute Gasteiger partial charge is 0.301 e. The zero-order valence-electron chi connectivity index (χ0n) is 13.2. The lowest BCUT2D eigenvalue weighted by Crippen LogP contribution is -2.22. The molecule has 1 aliphatic carbocycles. The van der Waals surface area contributed by atoms with Crippen LogP contribution in [0.4, 0.5) is 0 Å². The number of rotatable bonds is 2. The summed E-state index contributed by atoms with van der Waals surface area (Å²) in [6, 6.07) is 8.05. The van der Waals surface area contributed by atoms with Crippen molar-refractivity contribution in [2.45, 2.75) is 38.1 Å². The standard InChI is InChI=1S/C18H18N4OS/c23-17-16(24-18(22-17)21-12-6-2-1-3-7-12)10-13-11-19-14-8-4-5-9-15(14)20-13/h4-5,8-12H,1-3,6-7H2,(H,21,22,23)/b16-10-. The summed E-state index contributed by atoms with van der Waals surface area (Å²) in [4.78, 5) is 26.4. The number of hydrogen-bond donors (Lipinski definition) is 1. The molecule has 1 aromatic carbocycles. The Bertz CT molecular complexity index is 840. The molecule has 24 heavy (non-hydrogen) atoms. The lowest BCUT2D eigenvalue weighted by molar-refractivity contribution is -0.115. The molecule has 2 fully saturated rings. The first-order valence-corrected chi connectivity index (χ1v) is 9.10. The zero-order valence-corrected chi connectivity index (χ0v) is 14.1. The Morgan fingerprint density at radius 3 is 2.79 bits per heavy atom. The molecule has 5 nitrogen and oxygen atoms in total. The van der Waals surface area contributed by atoms with Crippen LogP contribution in [0.1, 0.15) is 37.8 Å². The zero-order chi connectivity index (χ0) is 16.4. The summed E-state index contributed by atoms with van der Waals surface area (Å²) in [6.07, 6.45) is 9.48. The minimum atomic E-state index is -0.107. The Morgan fingerprint density at radius 2 is 1.96 bits per heavy atom. The van der Waals surface area contributed by atoms with E-state index in [2.05, 4.69) is 15.3 Å². The lowest BCUT2D eigenvalue weighted by Gasteiger charge is -2.17. The molecule has 2 aliphatic rings. The topological polar surface area (TPSA) is 67.2 Å². The van der Waals surface area contributed by atoms with Gasteiger partial charge >= 0.3 is 0 Å². The molecule has 122 valence electrons. The molecule has 2 aromatic rings. The second-order valence-corrected chi connectivity index (χ2v) is 7.11. The highest BCUT2D eigenvalue weighted by molar-refractivity contribution is 8.18. The first-order valence-electron chi connectivity index (χ1n) is 8.28. The minimum Gasteiger partial charge on any atom is -0.301 e. The van der Waals surface area contributed by atoms with Gasteiger partial charge in [0.1, 0.15) is 0 Å². The van der Waals surface area contributed by atoms with Crippen molar-refractivity contribution in [1.82, 2.24) is 15.3 Å². The monoisotopic (exact) mass is 338 g/mol. The molecule has 0 atom stereocenters. The van der Waals surface area contributed by atoms with Crippen LogP contribution in [0.25, 0.3) is 17.1 Å². The molecule has 1 N–H and O–H groups in total. The van der Waals surface area contributed by atoms with Crippen LogP contribution in [0, 0.1) is 0 Å². The summed E-state index contributed by atoms with van der Waals surface area (Å²) >= 11 is 1.40. The van der Waals surface area contributed by atoms with Crippen LogP contribution in [-0.2, 0) is 4.79 Å². The molecule has 1 aromatic heterocycles. The van der Waals surface area contributed by atoms with E-state index in [9.17, 15) is 4.79 Å². The highest BCUT2D eigenvalue weighted by Gasteiger charge is 2.25. The Balaban J connectivity index is 1.55. The normalized spacial score (nSPS) is 22.4. The van der Waals surface area contributed by atoms with Gasteiger partial charge < -0.3 is 5.32 Å². The number of carbonyl (C=O) groups excluding carboxylic acids is 1. The molecule has 1 aliphatic heterocycles. The van der Waals surface area contributed by atoms with Crippen LogP contribution in [0.3, 0.4) is 0 Å². The van der Waals surface area contributed by atoms with E-state index in [1.165, 1.54) is 31.0 Å². The molecule has 0 radical (unpaired) electrons. The highest BCUT2D eigenvalue weighted by Crippen LogP contribution is 2.28. The van der Waals surface area contributed by atoms with Crippen molar-refractivity contribution in [3.8, 4) is 0 Å². The van der Waals surface area contributed by atoms with Gasteiger partial charge in [-0.05, 0) is 42.8 Å². The van der Waals surface area contributed by atoms with Gasteiger partial charge in [-0.15, -0.1) is 0 Å². The third-order valence-corrected chi connectivity index (χ3v) is 5.20. The summed E-state index contributed by atoms with van der Waals surface area (Å²) in [6.45, 7) is 0. The van der Waals surface area contributed by atoms with Gasteiger partial charge in [-0.1, -0.05) is 31.4 Å². The average molecular weight is 338 g/mol. The van der Waals surface area contributed by atoms with Crippen molar-refractivity contribution >= 4 is 39.9 Å². The van der Waals surface area contributed by atoms with Gasteiger partial charge in [0, 0.05) is 0 Å².